The second-order valence-electron chi connectivity index (χ2n) is 6.41. The smallest absolute Gasteiger partial charge is 0.156 e. The summed E-state index contributed by atoms with van der Waals surface area (Å²) >= 11 is 1.90. The van der Waals surface area contributed by atoms with Gasteiger partial charge >= 0.3 is 0 Å². The summed E-state index contributed by atoms with van der Waals surface area (Å²) in [6, 6.07) is 0.629. The topological polar surface area (TPSA) is 24.4 Å². The maximum atomic E-state index is 4.74. The lowest BCUT2D eigenvalue weighted by molar-refractivity contribution is 0.280. The van der Waals surface area contributed by atoms with E-state index < -0.39 is 0 Å². The first kappa shape index (κ1) is 14.2. The number of nitrogens with zero attached hydrogens (tertiary/aromatic N) is 1. The van der Waals surface area contributed by atoms with E-state index in [1.165, 1.54) is 43.0 Å². The molecule has 0 unspecified atom stereocenters. The van der Waals surface area contributed by atoms with Crippen molar-refractivity contribution < 1.29 is 0 Å². The Hall–Kier alpha value is -0.180. The quantitative estimate of drug-likeness (QED) is 0.835. The van der Waals surface area contributed by atoms with Crippen molar-refractivity contribution in [1.29, 1.82) is 0 Å². The summed E-state index contributed by atoms with van der Waals surface area (Å²) in [6.07, 6.45) is 7.03. The van der Waals surface area contributed by atoms with Crippen LogP contribution < -0.4 is 5.32 Å². The summed E-state index contributed by atoms with van der Waals surface area (Å²) in [4.78, 5) is 4.74. The predicted molar refractivity (Wildman–Crippen MR) is 82.3 cm³/mol. The molecule has 1 heterocycles. The summed E-state index contributed by atoms with van der Waals surface area (Å²) < 4.78 is 0. The van der Waals surface area contributed by atoms with E-state index in [0.29, 0.717) is 12.0 Å². The summed E-state index contributed by atoms with van der Waals surface area (Å²) in [5, 5.41) is 4.74. The van der Waals surface area contributed by atoms with E-state index in [2.05, 4.69) is 26.1 Å². The molecule has 1 saturated heterocycles. The van der Waals surface area contributed by atoms with Crippen LogP contribution in [0.15, 0.2) is 4.99 Å². The Balaban J connectivity index is 1.66. The Labute approximate surface area is 116 Å². The van der Waals surface area contributed by atoms with Crippen LogP contribution in [0, 0.1) is 17.8 Å². The highest BCUT2D eigenvalue weighted by molar-refractivity contribution is 8.14. The monoisotopic (exact) mass is 268 g/mol. The van der Waals surface area contributed by atoms with Crippen LogP contribution in [0.2, 0.25) is 0 Å². The van der Waals surface area contributed by atoms with E-state index >= 15 is 0 Å². The van der Waals surface area contributed by atoms with Crippen LogP contribution in [-0.2, 0) is 0 Å². The van der Waals surface area contributed by atoms with Gasteiger partial charge in [-0.2, -0.15) is 0 Å². The maximum absolute atomic E-state index is 4.74. The molecule has 1 saturated carbocycles. The summed E-state index contributed by atoms with van der Waals surface area (Å²) in [5.41, 5.74) is 0. The average Bonchev–Trinajstić information content (AvgIpc) is 2.81. The van der Waals surface area contributed by atoms with Gasteiger partial charge in [-0.05, 0) is 24.2 Å². The van der Waals surface area contributed by atoms with Gasteiger partial charge in [-0.15, -0.1) is 0 Å². The molecule has 2 fully saturated rings. The first-order chi connectivity index (χ1) is 8.65. The van der Waals surface area contributed by atoms with Crippen LogP contribution in [0.4, 0.5) is 0 Å². The van der Waals surface area contributed by atoms with Crippen LogP contribution in [0.5, 0.6) is 0 Å². The summed E-state index contributed by atoms with van der Waals surface area (Å²) in [7, 11) is 0. The van der Waals surface area contributed by atoms with Crippen molar-refractivity contribution in [1.82, 2.24) is 5.32 Å². The minimum absolute atomic E-state index is 0.629. The molecule has 0 radical (unpaired) electrons. The second kappa shape index (κ2) is 6.83. The predicted octanol–water partition coefficient (Wildman–Crippen LogP) is 3.92. The Bertz CT molecular complexity index is 280. The molecule has 0 aromatic carbocycles. The number of thioether (sulfide) groups is 1. The number of rotatable bonds is 4. The van der Waals surface area contributed by atoms with Crippen molar-refractivity contribution in [2.75, 3.05) is 12.3 Å². The zero-order valence-corrected chi connectivity index (χ0v) is 12.9. The Morgan fingerprint density at radius 2 is 2.00 bits per heavy atom. The van der Waals surface area contributed by atoms with E-state index in [-0.39, 0.29) is 0 Å². The number of amidine groups is 1. The average molecular weight is 268 g/mol. The minimum Gasteiger partial charge on any atom is -0.361 e. The fourth-order valence-electron chi connectivity index (χ4n) is 2.83. The molecule has 3 heteroatoms. The molecule has 1 atom stereocenters. The third kappa shape index (κ3) is 4.18. The van der Waals surface area contributed by atoms with Gasteiger partial charge in [0, 0.05) is 18.3 Å². The first-order valence-electron chi connectivity index (χ1n) is 7.59. The maximum Gasteiger partial charge on any atom is 0.156 e. The Morgan fingerprint density at radius 3 is 2.61 bits per heavy atom. The van der Waals surface area contributed by atoms with Gasteiger partial charge in [0.05, 0.1) is 0 Å². The molecule has 1 aliphatic heterocycles. The van der Waals surface area contributed by atoms with Gasteiger partial charge in [0.2, 0.25) is 0 Å². The molecule has 2 nitrogen and oxygen atoms in total. The summed E-state index contributed by atoms with van der Waals surface area (Å²) in [5.74, 6) is 3.81. The SMILES string of the molecule is CC1CCC(CCN=C2N[C@@H](C(C)C)CS2)CC1. The van der Waals surface area contributed by atoms with Crippen molar-refractivity contribution in [2.24, 2.45) is 22.7 Å². The van der Waals surface area contributed by atoms with Crippen molar-refractivity contribution in [3.8, 4) is 0 Å². The molecule has 0 aromatic rings. The molecule has 2 aliphatic rings. The highest BCUT2D eigenvalue weighted by atomic mass is 32.2. The van der Waals surface area contributed by atoms with Crippen LogP contribution in [0.3, 0.4) is 0 Å². The van der Waals surface area contributed by atoms with Crippen LogP contribution in [0.1, 0.15) is 52.9 Å². The zero-order chi connectivity index (χ0) is 13.0. The lowest BCUT2D eigenvalue weighted by atomic mass is 9.81. The van der Waals surface area contributed by atoms with E-state index in [9.17, 15) is 0 Å². The third-order valence-corrected chi connectivity index (χ3v) is 5.49. The molecule has 0 bridgehead atoms. The Morgan fingerprint density at radius 1 is 1.28 bits per heavy atom. The number of hydrogen-bond acceptors (Lipinski definition) is 2. The lowest BCUT2D eigenvalue weighted by Gasteiger charge is -2.25. The van der Waals surface area contributed by atoms with Gasteiger partial charge in [0.25, 0.3) is 0 Å². The molecule has 1 N–H and O–H groups in total. The molecule has 0 amide bonds. The fourth-order valence-corrected chi connectivity index (χ4v) is 4.05. The van der Waals surface area contributed by atoms with Crippen LogP contribution >= 0.6 is 11.8 Å². The summed E-state index contributed by atoms with van der Waals surface area (Å²) in [6.45, 7) is 7.98. The van der Waals surface area contributed by atoms with Gasteiger partial charge in [-0.3, -0.25) is 4.99 Å². The lowest BCUT2D eigenvalue weighted by Crippen LogP contribution is -2.31. The third-order valence-electron chi connectivity index (χ3n) is 4.44. The number of nitrogens with one attached hydrogen (secondary N) is 1. The fraction of sp³-hybridized carbons (Fsp3) is 0.933. The molecule has 1 aliphatic carbocycles. The molecule has 0 aromatic heterocycles. The molecule has 104 valence electrons. The molecule has 2 rings (SSSR count). The van der Waals surface area contributed by atoms with Gasteiger partial charge in [0.1, 0.15) is 0 Å². The van der Waals surface area contributed by atoms with E-state index in [1.54, 1.807) is 0 Å². The second-order valence-corrected chi connectivity index (χ2v) is 7.42. The van der Waals surface area contributed by atoms with E-state index in [0.717, 1.165) is 18.4 Å². The Kier molecular flexibility index (Phi) is 5.40. The minimum atomic E-state index is 0.629. The van der Waals surface area contributed by atoms with Crippen molar-refractivity contribution in [3.63, 3.8) is 0 Å². The van der Waals surface area contributed by atoms with Crippen LogP contribution in [0.25, 0.3) is 0 Å². The molecule has 18 heavy (non-hydrogen) atoms. The van der Waals surface area contributed by atoms with Crippen molar-refractivity contribution in [2.45, 2.75) is 58.9 Å². The van der Waals surface area contributed by atoms with Crippen molar-refractivity contribution >= 4 is 16.9 Å². The van der Waals surface area contributed by atoms with E-state index in [4.69, 9.17) is 4.99 Å². The zero-order valence-electron chi connectivity index (χ0n) is 12.1. The van der Waals surface area contributed by atoms with E-state index in [1.807, 2.05) is 11.8 Å². The number of aliphatic imine (C=N–C) groups is 1. The highest BCUT2D eigenvalue weighted by Crippen LogP contribution is 2.30. The standard InChI is InChI=1S/C15H28N2S/c1-11(2)14-10-18-15(17-14)16-9-8-13-6-4-12(3)5-7-13/h11-14H,4-10H2,1-3H3,(H,16,17)/t12?,13?,14-/m1/s1. The van der Waals surface area contributed by atoms with Crippen molar-refractivity contribution in [3.05, 3.63) is 0 Å². The van der Waals surface area contributed by atoms with Gasteiger partial charge in [-0.25, -0.2) is 0 Å². The van der Waals surface area contributed by atoms with Gasteiger partial charge in [-0.1, -0.05) is 58.2 Å². The normalized spacial score (nSPS) is 35.1. The highest BCUT2D eigenvalue weighted by Gasteiger charge is 2.23. The largest absolute Gasteiger partial charge is 0.361 e. The molecule has 0 spiro atoms. The molecular weight excluding hydrogens is 240 g/mol. The van der Waals surface area contributed by atoms with Gasteiger partial charge < -0.3 is 5.32 Å². The number of hydrogen-bond donors (Lipinski definition) is 1. The van der Waals surface area contributed by atoms with Gasteiger partial charge in [0.15, 0.2) is 5.17 Å². The first-order valence-corrected chi connectivity index (χ1v) is 8.57. The molecular formula is C15H28N2S. The van der Waals surface area contributed by atoms with Crippen LogP contribution in [-0.4, -0.2) is 23.5 Å².